The molecule has 0 bridgehead atoms. The van der Waals surface area contributed by atoms with E-state index in [4.69, 9.17) is 0 Å². The monoisotopic (exact) mass is 234 g/mol. The summed E-state index contributed by atoms with van der Waals surface area (Å²) in [6.07, 6.45) is 9.58. The van der Waals surface area contributed by atoms with Crippen LogP contribution in [0, 0.1) is 0 Å². The Hall–Kier alpha value is -2.62. The number of hydrogen-bond donors (Lipinski definition) is 0. The number of pyridine rings is 2. The summed E-state index contributed by atoms with van der Waals surface area (Å²) in [6.45, 7) is 0. The molecule has 0 amide bonds. The largest absolute Gasteiger partial charge is 0.306 e. The van der Waals surface area contributed by atoms with Crippen molar-refractivity contribution in [2.75, 3.05) is 0 Å². The second kappa shape index (κ2) is 3.43. The predicted octanol–water partition coefficient (Wildman–Crippen LogP) is 2.65. The van der Waals surface area contributed by atoms with Crippen molar-refractivity contribution >= 4 is 11.0 Å². The van der Waals surface area contributed by atoms with Crippen LogP contribution in [-0.2, 0) is 0 Å². The van der Waals surface area contributed by atoms with Gasteiger partial charge >= 0.3 is 0 Å². The third-order valence-electron chi connectivity index (χ3n) is 3.15. The highest BCUT2D eigenvalue weighted by atomic mass is 15.2. The minimum absolute atomic E-state index is 1.09. The molecule has 4 aromatic rings. The van der Waals surface area contributed by atoms with Crippen LogP contribution in [0.5, 0.6) is 0 Å². The van der Waals surface area contributed by atoms with Crippen molar-refractivity contribution in [1.82, 2.24) is 19.0 Å². The van der Waals surface area contributed by atoms with E-state index in [9.17, 15) is 0 Å². The van der Waals surface area contributed by atoms with Crippen molar-refractivity contribution in [3.8, 4) is 11.1 Å². The lowest BCUT2D eigenvalue weighted by Gasteiger charge is -2.01. The lowest BCUT2D eigenvalue weighted by molar-refractivity contribution is 0.961. The smallest absolute Gasteiger partial charge is 0.0992 e. The highest BCUT2D eigenvalue weighted by Gasteiger charge is 2.06. The molecule has 0 unspecified atom stereocenters. The lowest BCUT2D eigenvalue weighted by Crippen LogP contribution is -1.85. The molecule has 0 atom stereocenters. The fourth-order valence-corrected chi connectivity index (χ4v) is 2.24. The highest BCUT2D eigenvalue weighted by molar-refractivity contribution is 5.80. The number of rotatable bonds is 1. The van der Waals surface area contributed by atoms with E-state index in [1.54, 1.807) is 0 Å². The van der Waals surface area contributed by atoms with Gasteiger partial charge in [0, 0.05) is 23.5 Å². The summed E-state index contributed by atoms with van der Waals surface area (Å²) in [7, 11) is 0. The van der Waals surface area contributed by atoms with Crippen LogP contribution in [0.25, 0.3) is 22.2 Å². The first-order chi connectivity index (χ1) is 8.92. The Kier molecular flexibility index (Phi) is 1.80. The van der Waals surface area contributed by atoms with Gasteiger partial charge < -0.3 is 4.40 Å². The van der Waals surface area contributed by atoms with Crippen molar-refractivity contribution < 1.29 is 0 Å². The number of aromatic nitrogens is 4. The normalized spacial score (nSPS) is 11.3. The molecule has 86 valence electrons. The van der Waals surface area contributed by atoms with E-state index in [0.29, 0.717) is 0 Å². The van der Waals surface area contributed by atoms with E-state index in [2.05, 4.69) is 34.5 Å². The second-order valence-electron chi connectivity index (χ2n) is 4.23. The average Bonchev–Trinajstić information content (AvgIpc) is 3.04. The maximum Gasteiger partial charge on any atom is 0.0992 e. The van der Waals surface area contributed by atoms with E-state index in [0.717, 1.165) is 22.2 Å². The molecule has 18 heavy (non-hydrogen) atoms. The zero-order valence-corrected chi connectivity index (χ0v) is 9.56. The average molecular weight is 234 g/mol. The molecule has 0 aliphatic rings. The summed E-state index contributed by atoms with van der Waals surface area (Å²) in [6, 6.07) is 10.2. The maximum atomic E-state index is 4.35. The van der Waals surface area contributed by atoms with Crippen LogP contribution < -0.4 is 0 Å². The minimum Gasteiger partial charge on any atom is -0.306 e. The van der Waals surface area contributed by atoms with Crippen LogP contribution in [0.4, 0.5) is 0 Å². The highest BCUT2D eigenvalue weighted by Crippen LogP contribution is 2.24. The minimum atomic E-state index is 1.09. The van der Waals surface area contributed by atoms with E-state index in [1.165, 1.54) is 0 Å². The number of nitrogens with zero attached hydrogens (tertiary/aromatic N) is 4. The van der Waals surface area contributed by atoms with E-state index in [1.807, 2.05) is 46.0 Å². The van der Waals surface area contributed by atoms with E-state index < -0.39 is 0 Å². The topological polar surface area (TPSA) is 34.6 Å². The molecule has 0 spiro atoms. The summed E-state index contributed by atoms with van der Waals surface area (Å²) in [5.41, 5.74) is 4.47. The summed E-state index contributed by atoms with van der Waals surface area (Å²) in [5, 5.41) is 4.35. The van der Waals surface area contributed by atoms with Gasteiger partial charge in [0.25, 0.3) is 0 Å². The first kappa shape index (κ1) is 9.41. The molecular weight excluding hydrogens is 224 g/mol. The van der Waals surface area contributed by atoms with Crippen LogP contribution in [0.3, 0.4) is 0 Å². The fourth-order valence-electron chi connectivity index (χ4n) is 2.24. The Balaban J connectivity index is 2.00. The van der Waals surface area contributed by atoms with Crippen LogP contribution in [0.1, 0.15) is 0 Å². The van der Waals surface area contributed by atoms with Crippen LogP contribution in [0.15, 0.2) is 61.4 Å². The Morgan fingerprint density at radius 2 is 2.00 bits per heavy atom. The number of hydrogen-bond acceptors (Lipinski definition) is 2. The van der Waals surface area contributed by atoms with Gasteiger partial charge in [-0.3, -0.25) is 0 Å². The van der Waals surface area contributed by atoms with E-state index >= 15 is 0 Å². The molecule has 0 saturated carbocycles. The third kappa shape index (κ3) is 1.26. The molecule has 0 aliphatic heterocycles. The summed E-state index contributed by atoms with van der Waals surface area (Å²) in [4.78, 5) is 4.13. The molecule has 4 heteroatoms. The Labute approximate surface area is 103 Å². The summed E-state index contributed by atoms with van der Waals surface area (Å²) >= 11 is 0. The van der Waals surface area contributed by atoms with Gasteiger partial charge in [0.2, 0.25) is 0 Å². The van der Waals surface area contributed by atoms with Gasteiger partial charge in [-0.2, -0.15) is 5.10 Å². The third-order valence-corrected chi connectivity index (χ3v) is 3.15. The Bertz CT molecular complexity index is 841. The molecule has 4 heterocycles. The predicted molar refractivity (Wildman–Crippen MR) is 69.4 cm³/mol. The zero-order valence-electron chi connectivity index (χ0n) is 9.56. The lowest BCUT2D eigenvalue weighted by atomic mass is 10.1. The van der Waals surface area contributed by atoms with Gasteiger partial charge in [-0.05, 0) is 18.2 Å². The van der Waals surface area contributed by atoms with Crippen molar-refractivity contribution in [3.63, 3.8) is 0 Å². The number of fused-ring (bicyclic) bond motifs is 2. The summed E-state index contributed by atoms with van der Waals surface area (Å²) in [5.74, 6) is 0. The van der Waals surface area contributed by atoms with Crippen molar-refractivity contribution in [2.24, 2.45) is 0 Å². The molecular formula is C14H10N4. The standard InChI is InChI=1S/C14H10N4/c1-2-6-18-14(3-1)13(8-16-18)11-4-5-12-7-15-10-17(12)9-11/h1-10H. The summed E-state index contributed by atoms with van der Waals surface area (Å²) < 4.78 is 3.90. The van der Waals surface area contributed by atoms with Crippen LogP contribution in [0.2, 0.25) is 0 Å². The quantitative estimate of drug-likeness (QED) is 0.507. The van der Waals surface area contributed by atoms with Gasteiger partial charge in [0.15, 0.2) is 0 Å². The van der Waals surface area contributed by atoms with Gasteiger partial charge in [-0.15, -0.1) is 0 Å². The van der Waals surface area contributed by atoms with Gasteiger partial charge in [0.1, 0.15) is 0 Å². The van der Waals surface area contributed by atoms with Gasteiger partial charge in [-0.1, -0.05) is 12.1 Å². The molecule has 0 fully saturated rings. The second-order valence-corrected chi connectivity index (χ2v) is 4.23. The molecule has 0 aliphatic carbocycles. The molecule has 0 radical (unpaired) electrons. The van der Waals surface area contributed by atoms with Gasteiger partial charge in [0.05, 0.1) is 29.8 Å². The Morgan fingerprint density at radius 3 is 3.00 bits per heavy atom. The molecule has 4 rings (SSSR count). The number of imidazole rings is 1. The van der Waals surface area contributed by atoms with Crippen LogP contribution in [-0.4, -0.2) is 19.0 Å². The molecule has 4 aromatic heterocycles. The van der Waals surface area contributed by atoms with Gasteiger partial charge in [-0.25, -0.2) is 9.50 Å². The molecule has 4 nitrogen and oxygen atoms in total. The van der Waals surface area contributed by atoms with Crippen molar-refractivity contribution in [1.29, 1.82) is 0 Å². The first-order valence-corrected chi connectivity index (χ1v) is 5.76. The van der Waals surface area contributed by atoms with Crippen LogP contribution >= 0.6 is 0 Å². The molecule has 0 saturated heterocycles. The van der Waals surface area contributed by atoms with E-state index in [-0.39, 0.29) is 0 Å². The Morgan fingerprint density at radius 1 is 1.00 bits per heavy atom. The molecule has 0 N–H and O–H groups in total. The SMILES string of the molecule is c1ccn2ncc(-c3ccc4cncn4c3)c2c1. The molecule has 0 aromatic carbocycles. The zero-order chi connectivity index (χ0) is 11.9. The van der Waals surface area contributed by atoms with Crippen molar-refractivity contribution in [2.45, 2.75) is 0 Å². The first-order valence-electron chi connectivity index (χ1n) is 5.76. The van der Waals surface area contributed by atoms with Crippen molar-refractivity contribution in [3.05, 3.63) is 61.4 Å². The maximum absolute atomic E-state index is 4.35. The fraction of sp³-hybridized carbons (Fsp3) is 0.